The van der Waals surface area contributed by atoms with Gasteiger partial charge >= 0.3 is 0 Å². The van der Waals surface area contributed by atoms with Gasteiger partial charge in [-0.3, -0.25) is 4.90 Å². The van der Waals surface area contributed by atoms with Gasteiger partial charge in [-0.1, -0.05) is 24.1 Å². The Morgan fingerprint density at radius 3 is 2.76 bits per heavy atom. The summed E-state index contributed by atoms with van der Waals surface area (Å²) in [6.45, 7) is 4.93. The molecule has 4 heteroatoms. The van der Waals surface area contributed by atoms with Crippen molar-refractivity contribution in [2.45, 2.75) is 37.8 Å². The molecule has 1 heterocycles. The van der Waals surface area contributed by atoms with E-state index in [9.17, 15) is 5.11 Å². The number of benzene rings is 1. The zero-order valence-corrected chi connectivity index (χ0v) is 12.8. The Morgan fingerprint density at radius 1 is 1.33 bits per heavy atom. The molecule has 0 radical (unpaired) electrons. The summed E-state index contributed by atoms with van der Waals surface area (Å²) in [7, 11) is 0. The first-order chi connectivity index (χ1) is 10.1. The second kappa shape index (κ2) is 6.34. The lowest BCUT2D eigenvalue weighted by Crippen LogP contribution is -2.52. The van der Waals surface area contributed by atoms with Crippen LogP contribution in [0.5, 0.6) is 5.75 Å². The van der Waals surface area contributed by atoms with Crippen molar-refractivity contribution in [2.75, 3.05) is 32.9 Å². The van der Waals surface area contributed by atoms with Gasteiger partial charge in [-0.25, -0.2) is 0 Å². The van der Waals surface area contributed by atoms with Crippen LogP contribution >= 0.6 is 0 Å². The van der Waals surface area contributed by atoms with E-state index in [-0.39, 0.29) is 6.61 Å². The summed E-state index contributed by atoms with van der Waals surface area (Å²) in [5.74, 6) is 0.800. The van der Waals surface area contributed by atoms with E-state index < -0.39 is 5.60 Å². The van der Waals surface area contributed by atoms with Crippen LogP contribution in [0.15, 0.2) is 24.3 Å². The Hall–Kier alpha value is -1.10. The van der Waals surface area contributed by atoms with E-state index in [1.807, 2.05) is 31.2 Å². The number of aryl methyl sites for hydroxylation is 1. The van der Waals surface area contributed by atoms with Crippen LogP contribution in [-0.4, -0.2) is 54.6 Å². The van der Waals surface area contributed by atoms with Crippen molar-refractivity contribution < 1.29 is 14.6 Å². The molecule has 2 fully saturated rings. The van der Waals surface area contributed by atoms with Gasteiger partial charge in [0.1, 0.15) is 18.0 Å². The zero-order chi connectivity index (χ0) is 14.7. The monoisotopic (exact) mass is 291 g/mol. The number of aliphatic hydroxyl groups is 1. The van der Waals surface area contributed by atoms with Crippen LogP contribution < -0.4 is 4.74 Å². The van der Waals surface area contributed by atoms with E-state index in [0.29, 0.717) is 25.8 Å². The molecule has 1 aliphatic heterocycles. The summed E-state index contributed by atoms with van der Waals surface area (Å²) in [4.78, 5) is 2.37. The van der Waals surface area contributed by atoms with Gasteiger partial charge in [0, 0.05) is 19.1 Å². The Bertz CT molecular complexity index is 458. The quantitative estimate of drug-likeness (QED) is 0.921. The molecular weight excluding hydrogens is 266 g/mol. The van der Waals surface area contributed by atoms with Crippen LogP contribution in [0.2, 0.25) is 0 Å². The van der Waals surface area contributed by atoms with Crippen LogP contribution in [0.1, 0.15) is 24.8 Å². The fourth-order valence-electron chi connectivity index (χ4n) is 2.95. The van der Waals surface area contributed by atoms with Crippen molar-refractivity contribution in [2.24, 2.45) is 0 Å². The highest BCUT2D eigenvalue weighted by molar-refractivity contribution is 5.26. The molecular formula is C17H25NO3. The van der Waals surface area contributed by atoms with Crippen molar-refractivity contribution in [3.63, 3.8) is 0 Å². The lowest BCUT2D eigenvalue weighted by atomic mass is 9.90. The van der Waals surface area contributed by atoms with Crippen molar-refractivity contribution >= 4 is 0 Å². The van der Waals surface area contributed by atoms with Gasteiger partial charge in [0.25, 0.3) is 0 Å². The van der Waals surface area contributed by atoms with Crippen LogP contribution in [0.3, 0.4) is 0 Å². The highest BCUT2D eigenvalue weighted by Gasteiger charge is 2.37. The first-order valence-electron chi connectivity index (χ1n) is 7.88. The second-order valence-electron chi connectivity index (χ2n) is 6.43. The summed E-state index contributed by atoms with van der Waals surface area (Å²) in [6.07, 6.45) is 3.80. The largest absolute Gasteiger partial charge is 0.490 e. The summed E-state index contributed by atoms with van der Waals surface area (Å²) in [5, 5.41) is 10.8. The minimum atomic E-state index is -0.920. The lowest BCUT2D eigenvalue weighted by molar-refractivity contribution is -0.0698. The van der Waals surface area contributed by atoms with E-state index >= 15 is 0 Å². The molecule has 0 spiro atoms. The second-order valence-corrected chi connectivity index (χ2v) is 6.43. The first kappa shape index (κ1) is 14.8. The van der Waals surface area contributed by atoms with Crippen molar-refractivity contribution in [1.29, 1.82) is 0 Å². The Balaban J connectivity index is 1.59. The van der Waals surface area contributed by atoms with E-state index in [4.69, 9.17) is 9.47 Å². The number of rotatable bonds is 4. The molecule has 1 aliphatic carbocycles. The standard InChI is InChI=1S/C17H25NO3/c1-14-5-7-16(8-6-14)21-13-17(19)11-18(9-10-20-12-17)15-3-2-4-15/h5-8,15,19H,2-4,9-13H2,1H3/t17-/m0/s1. The maximum atomic E-state index is 10.8. The fraction of sp³-hybridized carbons (Fsp3) is 0.647. The zero-order valence-electron chi connectivity index (χ0n) is 12.8. The molecule has 0 aromatic heterocycles. The predicted molar refractivity (Wildman–Crippen MR) is 81.7 cm³/mol. The van der Waals surface area contributed by atoms with Crippen molar-refractivity contribution in [1.82, 2.24) is 4.90 Å². The number of nitrogens with zero attached hydrogens (tertiary/aromatic N) is 1. The van der Waals surface area contributed by atoms with Gasteiger partial charge < -0.3 is 14.6 Å². The minimum absolute atomic E-state index is 0.277. The molecule has 0 bridgehead atoms. The molecule has 21 heavy (non-hydrogen) atoms. The fourth-order valence-corrected chi connectivity index (χ4v) is 2.95. The van der Waals surface area contributed by atoms with Crippen LogP contribution in [0.25, 0.3) is 0 Å². The van der Waals surface area contributed by atoms with Crippen molar-refractivity contribution in [3.8, 4) is 5.75 Å². The average molecular weight is 291 g/mol. The first-order valence-corrected chi connectivity index (χ1v) is 7.88. The Labute approximate surface area is 126 Å². The number of hydrogen-bond donors (Lipinski definition) is 1. The van der Waals surface area contributed by atoms with Gasteiger partial charge in [0.05, 0.1) is 13.2 Å². The van der Waals surface area contributed by atoms with E-state index in [0.717, 1.165) is 12.3 Å². The predicted octanol–water partition coefficient (Wildman–Crippen LogP) is 1.99. The number of hydrogen-bond acceptors (Lipinski definition) is 4. The third-order valence-electron chi connectivity index (χ3n) is 4.51. The molecule has 1 aromatic rings. The molecule has 4 nitrogen and oxygen atoms in total. The van der Waals surface area contributed by atoms with E-state index in [2.05, 4.69) is 4.90 Å². The highest BCUT2D eigenvalue weighted by Crippen LogP contribution is 2.27. The molecule has 116 valence electrons. The summed E-state index contributed by atoms with van der Waals surface area (Å²) in [5.41, 5.74) is 0.284. The van der Waals surface area contributed by atoms with Gasteiger partial charge in [0.15, 0.2) is 0 Å². The smallest absolute Gasteiger partial charge is 0.134 e. The third kappa shape index (κ3) is 3.76. The minimum Gasteiger partial charge on any atom is -0.490 e. The highest BCUT2D eigenvalue weighted by atomic mass is 16.5. The average Bonchev–Trinajstić information content (AvgIpc) is 2.59. The van der Waals surface area contributed by atoms with Crippen LogP contribution in [0.4, 0.5) is 0 Å². The Morgan fingerprint density at radius 2 is 2.10 bits per heavy atom. The molecule has 1 N–H and O–H groups in total. The van der Waals surface area contributed by atoms with Crippen LogP contribution in [0, 0.1) is 6.92 Å². The number of ether oxygens (including phenoxy) is 2. The van der Waals surface area contributed by atoms with Gasteiger partial charge in [-0.2, -0.15) is 0 Å². The summed E-state index contributed by atoms with van der Waals surface area (Å²) >= 11 is 0. The van der Waals surface area contributed by atoms with Crippen molar-refractivity contribution in [3.05, 3.63) is 29.8 Å². The topological polar surface area (TPSA) is 41.9 Å². The van der Waals surface area contributed by atoms with E-state index in [1.165, 1.54) is 24.8 Å². The molecule has 0 unspecified atom stereocenters. The van der Waals surface area contributed by atoms with Crippen LogP contribution in [-0.2, 0) is 4.74 Å². The molecule has 2 aliphatic rings. The van der Waals surface area contributed by atoms with Gasteiger partial charge in [-0.05, 0) is 31.9 Å². The normalized spacial score (nSPS) is 27.9. The van der Waals surface area contributed by atoms with Gasteiger partial charge in [-0.15, -0.1) is 0 Å². The lowest BCUT2D eigenvalue weighted by Gasteiger charge is -2.39. The molecule has 1 atom stereocenters. The summed E-state index contributed by atoms with van der Waals surface area (Å²) < 4.78 is 11.4. The number of β-amino-alcohol motifs (C(OH)–C–C–N with tert-alkyl or cyclic N) is 1. The SMILES string of the molecule is Cc1ccc(OC[C@@]2(O)COCCN(C3CCC3)C2)cc1. The maximum Gasteiger partial charge on any atom is 0.134 e. The molecule has 1 aromatic carbocycles. The molecule has 3 rings (SSSR count). The van der Waals surface area contributed by atoms with Gasteiger partial charge in [0.2, 0.25) is 0 Å². The molecule has 1 saturated heterocycles. The van der Waals surface area contributed by atoms with E-state index in [1.54, 1.807) is 0 Å². The summed E-state index contributed by atoms with van der Waals surface area (Å²) in [6, 6.07) is 8.55. The molecule has 1 saturated carbocycles. The maximum absolute atomic E-state index is 10.8. The third-order valence-corrected chi connectivity index (χ3v) is 4.51. The Kier molecular flexibility index (Phi) is 4.48. The molecule has 0 amide bonds.